The van der Waals surface area contributed by atoms with Crippen LogP contribution >= 0.6 is 11.8 Å². The van der Waals surface area contributed by atoms with Gasteiger partial charge in [-0.15, -0.1) is 0 Å². The van der Waals surface area contributed by atoms with Crippen LogP contribution < -0.4 is 5.32 Å². The van der Waals surface area contributed by atoms with Crippen molar-refractivity contribution in [3.63, 3.8) is 0 Å². The van der Waals surface area contributed by atoms with Crippen molar-refractivity contribution >= 4 is 23.5 Å². The molecule has 0 radical (unpaired) electrons. The zero-order valence-corrected chi connectivity index (χ0v) is 11.5. The number of rotatable bonds is 8. The summed E-state index contributed by atoms with van der Waals surface area (Å²) in [4.78, 5) is 22.8. The molecule has 3 nitrogen and oxygen atoms in total. The summed E-state index contributed by atoms with van der Waals surface area (Å²) < 4.78 is 0. The third-order valence-corrected chi connectivity index (χ3v) is 3.34. The van der Waals surface area contributed by atoms with Gasteiger partial charge in [-0.2, -0.15) is 11.8 Å². The number of ketones is 1. The fourth-order valence-electron chi connectivity index (χ4n) is 1.36. The van der Waals surface area contributed by atoms with Crippen LogP contribution in [0.25, 0.3) is 0 Å². The van der Waals surface area contributed by atoms with Crippen LogP contribution in [0.1, 0.15) is 40.5 Å². The molecule has 0 spiro atoms. The third-order valence-electron chi connectivity index (χ3n) is 2.30. The van der Waals surface area contributed by atoms with Crippen LogP contribution in [0.3, 0.4) is 0 Å². The fourth-order valence-corrected chi connectivity index (χ4v) is 2.27. The largest absolute Gasteiger partial charge is 0.345 e. The maximum Gasteiger partial charge on any atom is 0.230 e. The van der Waals surface area contributed by atoms with Crippen LogP contribution in [-0.2, 0) is 9.59 Å². The second-order valence-electron chi connectivity index (χ2n) is 4.31. The molecule has 0 heterocycles. The summed E-state index contributed by atoms with van der Waals surface area (Å²) in [5.74, 6) is 1.62. The summed E-state index contributed by atoms with van der Waals surface area (Å²) in [6.07, 6.45) is 2.29. The average molecular weight is 245 g/mol. The second-order valence-corrected chi connectivity index (χ2v) is 5.41. The lowest BCUT2D eigenvalue weighted by Gasteiger charge is -2.19. The van der Waals surface area contributed by atoms with Crippen LogP contribution in [0.15, 0.2) is 0 Å². The maximum atomic E-state index is 11.5. The van der Waals surface area contributed by atoms with E-state index in [9.17, 15) is 9.59 Å². The number of Topliss-reactive ketones (excluding diaryl/α,β-unsaturated/α-hetero) is 1. The summed E-state index contributed by atoms with van der Waals surface area (Å²) in [6.45, 7) is 7.54. The Morgan fingerprint density at radius 2 is 1.94 bits per heavy atom. The van der Waals surface area contributed by atoms with E-state index in [0.717, 1.165) is 18.6 Å². The van der Waals surface area contributed by atoms with Crippen molar-refractivity contribution in [3.8, 4) is 0 Å². The monoisotopic (exact) mass is 245 g/mol. The van der Waals surface area contributed by atoms with Gasteiger partial charge in [0.05, 0.1) is 11.8 Å². The van der Waals surface area contributed by atoms with Gasteiger partial charge in [-0.05, 0) is 25.0 Å². The van der Waals surface area contributed by atoms with Crippen LogP contribution in [0.4, 0.5) is 0 Å². The highest BCUT2D eigenvalue weighted by molar-refractivity contribution is 7.99. The first-order chi connectivity index (χ1) is 7.49. The van der Waals surface area contributed by atoms with E-state index in [1.165, 1.54) is 6.92 Å². The summed E-state index contributed by atoms with van der Waals surface area (Å²) in [5.41, 5.74) is 0. The molecule has 0 bridgehead atoms. The molecule has 0 aromatic rings. The van der Waals surface area contributed by atoms with Gasteiger partial charge >= 0.3 is 0 Å². The number of unbranched alkanes of at least 4 members (excludes halogenated alkanes) is 1. The molecule has 0 aliphatic rings. The molecule has 0 aliphatic heterocycles. The minimum atomic E-state index is -0.334. The summed E-state index contributed by atoms with van der Waals surface area (Å²) >= 11 is 1.63. The summed E-state index contributed by atoms with van der Waals surface area (Å²) in [6, 6.07) is -0.334. The minimum absolute atomic E-state index is 0.0295. The standard InChI is InChI=1S/C12H23NO2S/c1-5-6-7-16-8-11(15)13-12(9(2)3)10(4)14/h9,12H,5-8H2,1-4H3,(H,13,15). The topological polar surface area (TPSA) is 46.2 Å². The van der Waals surface area contributed by atoms with Crippen molar-refractivity contribution < 1.29 is 9.59 Å². The van der Waals surface area contributed by atoms with E-state index in [2.05, 4.69) is 12.2 Å². The van der Waals surface area contributed by atoms with E-state index < -0.39 is 0 Å². The maximum absolute atomic E-state index is 11.5. The fraction of sp³-hybridized carbons (Fsp3) is 0.833. The first-order valence-electron chi connectivity index (χ1n) is 5.86. The first-order valence-corrected chi connectivity index (χ1v) is 7.02. The highest BCUT2D eigenvalue weighted by Crippen LogP contribution is 2.06. The zero-order valence-electron chi connectivity index (χ0n) is 10.7. The van der Waals surface area contributed by atoms with Gasteiger partial charge in [0.15, 0.2) is 5.78 Å². The van der Waals surface area contributed by atoms with Gasteiger partial charge in [0.1, 0.15) is 0 Å². The molecule has 4 heteroatoms. The van der Waals surface area contributed by atoms with Crippen LogP contribution in [0.5, 0.6) is 0 Å². The van der Waals surface area contributed by atoms with Crippen LogP contribution in [0.2, 0.25) is 0 Å². The Kier molecular flexibility index (Phi) is 8.35. The van der Waals surface area contributed by atoms with Crippen molar-refractivity contribution in [3.05, 3.63) is 0 Å². The Morgan fingerprint density at radius 1 is 1.31 bits per heavy atom. The zero-order chi connectivity index (χ0) is 12.6. The average Bonchev–Trinajstić information content (AvgIpc) is 2.20. The predicted octanol–water partition coefficient (Wildman–Crippen LogP) is 2.25. The lowest BCUT2D eigenvalue weighted by atomic mass is 10.0. The molecule has 0 aromatic carbocycles. The number of carbonyl (C=O) groups is 2. The van der Waals surface area contributed by atoms with E-state index in [4.69, 9.17) is 0 Å². The summed E-state index contributed by atoms with van der Waals surface area (Å²) in [7, 11) is 0. The van der Waals surface area contributed by atoms with Crippen molar-refractivity contribution in [2.24, 2.45) is 5.92 Å². The molecule has 0 aliphatic carbocycles. The number of amides is 1. The van der Waals surface area contributed by atoms with Gasteiger partial charge in [0.2, 0.25) is 5.91 Å². The molecule has 1 amide bonds. The quantitative estimate of drug-likeness (QED) is 0.667. The molecule has 16 heavy (non-hydrogen) atoms. The van der Waals surface area contributed by atoms with Gasteiger partial charge in [-0.3, -0.25) is 9.59 Å². The number of hydrogen-bond donors (Lipinski definition) is 1. The third kappa shape index (κ3) is 6.88. The van der Waals surface area contributed by atoms with Crippen molar-refractivity contribution in [2.75, 3.05) is 11.5 Å². The molecule has 0 saturated heterocycles. The Morgan fingerprint density at radius 3 is 2.38 bits per heavy atom. The molecule has 0 rings (SSSR count). The predicted molar refractivity (Wildman–Crippen MR) is 69.7 cm³/mol. The molecule has 1 N–H and O–H groups in total. The molecule has 0 fully saturated rings. The van der Waals surface area contributed by atoms with Gasteiger partial charge in [0.25, 0.3) is 0 Å². The molecular weight excluding hydrogens is 222 g/mol. The van der Waals surface area contributed by atoms with Gasteiger partial charge < -0.3 is 5.32 Å². The Labute approximate surface area is 103 Å². The van der Waals surface area contributed by atoms with Crippen LogP contribution in [-0.4, -0.2) is 29.2 Å². The van der Waals surface area contributed by atoms with Crippen molar-refractivity contribution in [2.45, 2.75) is 46.6 Å². The molecule has 1 unspecified atom stereocenters. The summed E-state index contributed by atoms with van der Waals surface area (Å²) in [5, 5.41) is 2.78. The Bertz CT molecular complexity index is 229. The second kappa shape index (κ2) is 8.62. The highest BCUT2D eigenvalue weighted by atomic mass is 32.2. The van der Waals surface area contributed by atoms with E-state index in [0.29, 0.717) is 5.75 Å². The van der Waals surface area contributed by atoms with Gasteiger partial charge in [0, 0.05) is 0 Å². The lowest BCUT2D eigenvalue weighted by molar-refractivity contribution is -0.126. The van der Waals surface area contributed by atoms with E-state index in [1.54, 1.807) is 11.8 Å². The van der Waals surface area contributed by atoms with Gasteiger partial charge in [-0.25, -0.2) is 0 Å². The lowest BCUT2D eigenvalue weighted by Crippen LogP contribution is -2.44. The first kappa shape index (κ1) is 15.5. The normalized spacial score (nSPS) is 12.6. The van der Waals surface area contributed by atoms with E-state index in [-0.39, 0.29) is 23.7 Å². The van der Waals surface area contributed by atoms with E-state index in [1.807, 2.05) is 13.8 Å². The minimum Gasteiger partial charge on any atom is -0.345 e. The number of hydrogen-bond acceptors (Lipinski definition) is 3. The number of nitrogens with one attached hydrogen (secondary N) is 1. The molecule has 94 valence electrons. The smallest absolute Gasteiger partial charge is 0.230 e. The molecule has 0 aromatic heterocycles. The molecule has 0 saturated carbocycles. The van der Waals surface area contributed by atoms with Crippen molar-refractivity contribution in [1.29, 1.82) is 0 Å². The van der Waals surface area contributed by atoms with E-state index >= 15 is 0 Å². The van der Waals surface area contributed by atoms with Gasteiger partial charge in [-0.1, -0.05) is 27.2 Å². The Balaban J connectivity index is 3.87. The van der Waals surface area contributed by atoms with Crippen molar-refractivity contribution in [1.82, 2.24) is 5.32 Å². The number of carbonyl (C=O) groups excluding carboxylic acids is 2. The number of thioether (sulfide) groups is 1. The Hall–Kier alpha value is -0.510. The molecular formula is C12H23NO2S. The molecule has 1 atom stereocenters. The SMILES string of the molecule is CCCCSCC(=O)NC(C(C)=O)C(C)C. The highest BCUT2D eigenvalue weighted by Gasteiger charge is 2.20. The van der Waals surface area contributed by atoms with Crippen LogP contribution in [0, 0.1) is 5.92 Å².